The van der Waals surface area contributed by atoms with Crippen LogP contribution in [0.15, 0.2) is 83.1 Å². The van der Waals surface area contributed by atoms with E-state index in [4.69, 9.17) is 27.9 Å². The molecular formula is C23H16Cl2N2O4S2. The Balaban J connectivity index is 1.45. The normalized spacial score (nSPS) is 11.2. The van der Waals surface area contributed by atoms with Crippen molar-refractivity contribution >= 4 is 56.2 Å². The topological polar surface area (TPSA) is 85.4 Å². The lowest BCUT2D eigenvalue weighted by Gasteiger charge is -2.11. The lowest BCUT2D eigenvalue weighted by atomic mass is 10.2. The van der Waals surface area contributed by atoms with E-state index >= 15 is 0 Å². The zero-order chi connectivity index (χ0) is 23.4. The first-order valence-corrected chi connectivity index (χ1v) is 12.7. The quantitative estimate of drug-likeness (QED) is 0.291. The zero-order valence-electron chi connectivity index (χ0n) is 16.9. The number of halogens is 2. The molecule has 6 nitrogen and oxygen atoms in total. The average molecular weight is 519 g/mol. The highest BCUT2D eigenvalue weighted by Crippen LogP contribution is 2.28. The predicted molar refractivity (Wildman–Crippen MR) is 130 cm³/mol. The monoisotopic (exact) mass is 518 g/mol. The largest absolute Gasteiger partial charge is 0.456 e. The van der Waals surface area contributed by atoms with Crippen LogP contribution in [0.5, 0.6) is 0 Å². The van der Waals surface area contributed by atoms with Crippen LogP contribution in [0.1, 0.15) is 16.1 Å². The number of ether oxygens (including phenoxy) is 1. The maximum absolute atomic E-state index is 12.8. The molecule has 0 saturated heterocycles. The highest BCUT2D eigenvalue weighted by molar-refractivity contribution is 7.92. The van der Waals surface area contributed by atoms with Crippen LogP contribution in [-0.4, -0.2) is 19.4 Å². The summed E-state index contributed by atoms with van der Waals surface area (Å²) >= 11 is 13.4. The number of nitrogens with zero attached hydrogens (tertiary/aromatic N) is 1. The van der Waals surface area contributed by atoms with Gasteiger partial charge >= 0.3 is 5.97 Å². The molecule has 33 heavy (non-hydrogen) atoms. The molecule has 0 aliphatic heterocycles. The third-order valence-electron chi connectivity index (χ3n) is 4.48. The molecule has 1 aromatic heterocycles. The number of hydrogen-bond donors (Lipinski definition) is 1. The summed E-state index contributed by atoms with van der Waals surface area (Å²) in [4.78, 5) is 16.9. The molecule has 0 fully saturated rings. The molecule has 0 radical (unpaired) electrons. The number of carbonyl (C=O) groups is 1. The fourth-order valence-corrected chi connectivity index (χ4v) is 5.20. The van der Waals surface area contributed by atoms with E-state index in [1.807, 2.05) is 35.7 Å². The summed E-state index contributed by atoms with van der Waals surface area (Å²) in [5.41, 5.74) is 1.81. The Labute approximate surface area is 204 Å². The Bertz CT molecular complexity index is 1410. The summed E-state index contributed by atoms with van der Waals surface area (Å²) in [5.74, 6) is -0.665. The number of thiazole rings is 1. The average Bonchev–Trinajstić information content (AvgIpc) is 3.29. The number of esters is 1. The SMILES string of the molecule is O=C(OCc1csc(-c2ccccc2)n1)c1cccc(S(=O)(=O)Nc2cc(Cl)ccc2Cl)c1. The van der Waals surface area contributed by atoms with Gasteiger partial charge in [0.05, 0.1) is 26.9 Å². The van der Waals surface area contributed by atoms with Gasteiger partial charge in [0.1, 0.15) is 11.6 Å². The van der Waals surface area contributed by atoms with Gasteiger partial charge in [-0.25, -0.2) is 18.2 Å². The van der Waals surface area contributed by atoms with Crippen LogP contribution in [-0.2, 0) is 21.4 Å². The first kappa shape index (κ1) is 23.3. The Morgan fingerprint density at radius 1 is 1.00 bits per heavy atom. The number of rotatable bonds is 7. The van der Waals surface area contributed by atoms with E-state index in [2.05, 4.69) is 9.71 Å². The van der Waals surface area contributed by atoms with E-state index in [0.717, 1.165) is 10.6 Å². The van der Waals surface area contributed by atoms with E-state index in [1.54, 1.807) is 6.07 Å². The van der Waals surface area contributed by atoms with Gasteiger partial charge < -0.3 is 4.74 Å². The number of hydrogen-bond acceptors (Lipinski definition) is 6. The number of benzene rings is 3. The number of sulfonamides is 1. The third kappa shape index (κ3) is 5.72. The first-order valence-electron chi connectivity index (χ1n) is 9.57. The summed E-state index contributed by atoms with van der Waals surface area (Å²) < 4.78 is 33.3. The Hall–Kier alpha value is -2.91. The van der Waals surface area contributed by atoms with E-state index < -0.39 is 16.0 Å². The third-order valence-corrected chi connectivity index (χ3v) is 7.34. The van der Waals surface area contributed by atoms with E-state index in [-0.39, 0.29) is 27.8 Å². The molecule has 168 valence electrons. The van der Waals surface area contributed by atoms with Crippen LogP contribution in [0.2, 0.25) is 10.0 Å². The summed E-state index contributed by atoms with van der Waals surface area (Å²) in [5, 5.41) is 3.15. The maximum Gasteiger partial charge on any atom is 0.338 e. The van der Waals surface area contributed by atoms with E-state index in [1.165, 1.54) is 47.7 Å². The molecule has 0 aliphatic carbocycles. The van der Waals surface area contributed by atoms with Crippen LogP contribution < -0.4 is 4.72 Å². The van der Waals surface area contributed by atoms with Gasteiger partial charge in [-0.05, 0) is 36.4 Å². The first-order chi connectivity index (χ1) is 15.8. The molecule has 4 aromatic rings. The molecule has 0 aliphatic rings. The second-order valence-corrected chi connectivity index (χ2v) is 10.2. The van der Waals surface area contributed by atoms with Gasteiger partial charge in [-0.1, -0.05) is 59.6 Å². The molecule has 0 bridgehead atoms. The molecule has 0 amide bonds. The minimum absolute atomic E-state index is 0.0322. The van der Waals surface area contributed by atoms with Crippen molar-refractivity contribution < 1.29 is 17.9 Å². The lowest BCUT2D eigenvalue weighted by Crippen LogP contribution is -2.14. The van der Waals surface area contributed by atoms with Crippen LogP contribution in [0.4, 0.5) is 5.69 Å². The fraction of sp³-hybridized carbons (Fsp3) is 0.0435. The molecule has 10 heteroatoms. The second kappa shape index (κ2) is 9.93. The number of aromatic nitrogens is 1. The molecule has 1 heterocycles. The van der Waals surface area contributed by atoms with Crippen molar-refractivity contribution in [1.82, 2.24) is 4.98 Å². The van der Waals surface area contributed by atoms with Gasteiger partial charge in [0.15, 0.2) is 0 Å². The van der Waals surface area contributed by atoms with Crippen LogP contribution in [0.3, 0.4) is 0 Å². The van der Waals surface area contributed by atoms with Gasteiger partial charge in [-0.3, -0.25) is 4.72 Å². The molecule has 0 unspecified atom stereocenters. The van der Waals surface area contributed by atoms with Crippen molar-refractivity contribution in [2.24, 2.45) is 0 Å². The Kier molecular flexibility index (Phi) is 6.99. The van der Waals surface area contributed by atoms with Gasteiger partial charge in [-0.15, -0.1) is 11.3 Å². The molecule has 4 rings (SSSR count). The van der Waals surface area contributed by atoms with Crippen LogP contribution in [0.25, 0.3) is 10.6 Å². The van der Waals surface area contributed by atoms with E-state index in [0.29, 0.717) is 10.7 Å². The summed E-state index contributed by atoms with van der Waals surface area (Å²) in [6, 6.07) is 19.6. The second-order valence-electron chi connectivity index (χ2n) is 6.84. The lowest BCUT2D eigenvalue weighted by molar-refractivity contribution is 0.0468. The van der Waals surface area contributed by atoms with Crippen molar-refractivity contribution in [2.75, 3.05) is 4.72 Å². The number of anilines is 1. The van der Waals surface area contributed by atoms with Gasteiger partial charge in [-0.2, -0.15) is 0 Å². The van der Waals surface area contributed by atoms with Crippen molar-refractivity contribution in [3.05, 3.63) is 99.5 Å². The minimum Gasteiger partial charge on any atom is -0.456 e. The molecule has 0 spiro atoms. The summed E-state index contributed by atoms with van der Waals surface area (Å²) in [6.45, 7) is -0.0322. The highest BCUT2D eigenvalue weighted by Gasteiger charge is 2.19. The standard InChI is InChI=1S/C23H16Cl2N2O4S2/c24-17-9-10-20(25)21(12-17)27-33(29,30)19-8-4-7-16(11-19)23(28)31-13-18-14-32-22(26-18)15-5-2-1-3-6-15/h1-12,14,27H,13H2. The molecule has 3 aromatic carbocycles. The van der Waals surface area contributed by atoms with Crippen molar-refractivity contribution in [3.8, 4) is 10.6 Å². The molecule has 0 saturated carbocycles. The number of nitrogens with one attached hydrogen (secondary N) is 1. The van der Waals surface area contributed by atoms with Gasteiger partial charge in [0, 0.05) is 16.0 Å². The van der Waals surface area contributed by atoms with Crippen molar-refractivity contribution in [3.63, 3.8) is 0 Å². The maximum atomic E-state index is 12.8. The predicted octanol–water partition coefficient (Wildman–Crippen LogP) is 6.27. The minimum atomic E-state index is -4.01. The number of carbonyl (C=O) groups excluding carboxylic acids is 1. The van der Waals surface area contributed by atoms with Gasteiger partial charge in [0.25, 0.3) is 10.0 Å². The molecule has 1 N–H and O–H groups in total. The Morgan fingerprint density at radius 3 is 2.58 bits per heavy atom. The molecular weight excluding hydrogens is 503 g/mol. The van der Waals surface area contributed by atoms with E-state index in [9.17, 15) is 13.2 Å². The van der Waals surface area contributed by atoms with Crippen molar-refractivity contribution in [2.45, 2.75) is 11.5 Å². The summed E-state index contributed by atoms with van der Waals surface area (Å²) in [7, 11) is -4.01. The molecule has 0 atom stereocenters. The van der Waals surface area contributed by atoms with Gasteiger partial charge in [0.2, 0.25) is 0 Å². The smallest absolute Gasteiger partial charge is 0.338 e. The van der Waals surface area contributed by atoms with Crippen LogP contribution >= 0.6 is 34.5 Å². The highest BCUT2D eigenvalue weighted by atomic mass is 35.5. The van der Waals surface area contributed by atoms with Crippen molar-refractivity contribution in [1.29, 1.82) is 0 Å². The Morgan fingerprint density at radius 2 is 1.79 bits per heavy atom. The van der Waals surface area contributed by atoms with Crippen LogP contribution in [0, 0.1) is 0 Å². The summed E-state index contributed by atoms with van der Waals surface area (Å²) in [6.07, 6.45) is 0. The fourth-order valence-electron chi connectivity index (χ4n) is 2.88. The zero-order valence-corrected chi connectivity index (χ0v) is 20.0.